The third-order valence-corrected chi connectivity index (χ3v) is 5.45. The third-order valence-electron chi connectivity index (χ3n) is 4.95. The maximum absolute atomic E-state index is 12.3. The predicted octanol–water partition coefficient (Wildman–Crippen LogP) is 3.71. The van der Waals surface area contributed by atoms with E-state index in [2.05, 4.69) is 45.1 Å². The molecule has 0 bridgehead atoms. The van der Waals surface area contributed by atoms with Crippen LogP contribution in [0.4, 0.5) is 0 Å². The molecule has 1 saturated carbocycles. The fourth-order valence-corrected chi connectivity index (χ4v) is 3.65. The summed E-state index contributed by atoms with van der Waals surface area (Å²) in [6, 6.07) is 5.94. The van der Waals surface area contributed by atoms with Gasteiger partial charge >= 0.3 is 0 Å². The number of hydrogen-bond donors (Lipinski definition) is 1. The van der Waals surface area contributed by atoms with Crippen molar-refractivity contribution in [2.75, 3.05) is 6.61 Å². The molecule has 128 valence electrons. The van der Waals surface area contributed by atoms with Crippen LogP contribution in [0.2, 0.25) is 0 Å². The molecule has 1 aliphatic carbocycles. The zero-order valence-electron chi connectivity index (χ0n) is 14.0. The number of benzene rings is 1. The lowest BCUT2D eigenvalue weighted by molar-refractivity contribution is -0.124. The van der Waals surface area contributed by atoms with Crippen molar-refractivity contribution < 1.29 is 9.53 Å². The molecular formula is C18H22BrN3O2. The van der Waals surface area contributed by atoms with Crippen LogP contribution >= 0.6 is 15.9 Å². The van der Waals surface area contributed by atoms with Gasteiger partial charge in [0.25, 0.3) is 5.91 Å². The van der Waals surface area contributed by atoms with Crippen molar-refractivity contribution in [1.82, 2.24) is 15.3 Å². The highest BCUT2D eigenvalue weighted by molar-refractivity contribution is 9.10. The number of fused-ring (bicyclic) bond motifs is 1. The van der Waals surface area contributed by atoms with Gasteiger partial charge in [-0.15, -0.1) is 0 Å². The van der Waals surface area contributed by atoms with Gasteiger partial charge in [-0.2, -0.15) is 0 Å². The van der Waals surface area contributed by atoms with Gasteiger partial charge in [0.1, 0.15) is 6.33 Å². The minimum Gasteiger partial charge on any atom is -0.467 e. The first-order valence-corrected chi connectivity index (χ1v) is 9.16. The molecule has 1 aliphatic rings. The molecule has 1 aromatic heterocycles. The minimum absolute atomic E-state index is 0.0315. The van der Waals surface area contributed by atoms with Crippen molar-refractivity contribution in [3.63, 3.8) is 0 Å². The summed E-state index contributed by atoms with van der Waals surface area (Å²) in [5, 5.41) is 3.90. The molecule has 1 N–H and O–H groups in total. The first-order valence-electron chi connectivity index (χ1n) is 8.37. The Morgan fingerprint density at radius 3 is 3.00 bits per heavy atom. The highest BCUT2D eigenvalue weighted by Gasteiger charge is 2.28. The number of hydrogen-bond acceptors (Lipinski definition) is 4. The lowest BCUT2D eigenvalue weighted by atomic mass is 9.78. The first-order chi connectivity index (χ1) is 11.5. The lowest BCUT2D eigenvalue weighted by Crippen LogP contribution is -2.45. The Morgan fingerprint density at radius 2 is 2.17 bits per heavy atom. The zero-order chi connectivity index (χ0) is 17.1. The number of halogens is 1. The second-order valence-corrected chi connectivity index (χ2v) is 7.49. The predicted molar refractivity (Wildman–Crippen MR) is 96.8 cm³/mol. The van der Waals surface area contributed by atoms with Crippen molar-refractivity contribution in [2.24, 2.45) is 11.8 Å². The van der Waals surface area contributed by atoms with Gasteiger partial charge in [-0.1, -0.05) is 42.6 Å². The average molecular weight is 392 g/mol. The van der Waals surface area contributed by atoms with Crippen LogP contribution in [0.5, 0.6) is 5.88 Å². The highest BCUT2D eigenvalue weighted by Crippen LogP contribution is 2.29. The molecular weight excluding hydrogens is 370 g/mol. The molecule has 1 amide bonds. The monoisotopic (exact) mass is 391 g/mol. The summed E-state index contributed by atoms with van der Waals surface area (Å²) in [4.78, 5) is 20.6. The fourth-order valence-electron chi connectivity index (χ4n) is 3.29. The SMILES string of the molecule is C[C@@H]1[C@H](C)CCC[C@@H]1NC(=O)COc1ncnc2ccc(Br)cc12. The van der Waals surface area contributed by atoms with Crippen molar-refractivity contribution >= 4 is 32.7 Å². The lowest BCUT2D eigenvalue weighted by Gasteiger charge is -2.34. The first kappa shape index (κ1) is 17.1. The van der Waals surface area contributed by atoms with Crippen LogP contribution in [0.1, 0.15) is 33.1 Å². The maximum Gasteiger partial charge on any atom is 0.258 e. The van der Waals surface area contributed by atoms with Crippen LogP contribution in [0, 0.1) is 11.8 Å². The minimum atomic E-state index is -0.0947. The second kappa shape index (κ2) is 7.47. The molecule has 1 aromatic carbocycles. The Morgan fingerprint density at radius 1 is 1.33 bits per heavy atom. The summed E-state index contributed by atoms with van der Waals surface area (Å²) in [6.45, 7) is 4.44. The summed E-state index contributed by atoms with van der Waals surface area (Å²) in [5.74, 6) is 1.48. The Labute approximate surface area is 150 Å². The van der Waals surface area contributed by atoms with Gasteiger partial charge in [0.15, 0.2) is 6.61 Å². The molecule has 0 aliphatic heterocycles. The molecule has 0 saturated heterocycles. The van der Waals surface area contributed by atoms with Gasteiger partial charge in [-0.25, -0.2) is 9.97 Å². The van der Waals surface area contributed by atoms with E-state index in [0.29, 0.717) is 17.7 Å². The molecule has 2 aromatic rings. The smallest absolute Gasteiger partial charge is 0.258 e. The van der Waals surface area contributed by atoms with Gasteiger partial charge in [-0.3, -0.25) is 4.79 Å². The summed E-state index contributed by atoms with van der Waals surface area (Å²) >= 11 is 3.43. The van der Waals surface area contributed by atoms with E-state index in [-0.39, 0.29) is 18.6 Å². The molecule has 1 fully saturated rings. The van der Waals surface area contributed by atoms with E-state index in [4.69, 9.17) is 4.74 Å². The van der Waals surface area contributed by atoms with Crippen LogP contribution in [0.25, 0.3) is 10.9 Å². The van der Waals surface area contributed by atoms with Crippen LogP contribution in [0.3, 0.4) is 0 Å². The summed E-state index contributed by atoms with van der Waals surface area (Å²) in [5.41, 5.74) is 0.790. The van der Waals surface area contributed by atoms with E-state index in [1.54, 1.807) is 0 Å². The Bertz CT molecular complexity index is 737. The summed E-state index contributed by atoms with van der Waals surface area (Å²) in [6.07, 6.45) is 4.91. The number of aromatic nitrogens is 2. The summed E-state index contributed by atoms with van der Waals surface area (Å²) in [7, 11) is 0. The van der Waals surface area contributed by atoms with Crippen molar-refractivity contribution in [3.05, 3.63) is 29.0 Å². The third kappa shape index (κ3) is 3.86. The quantitative estimate of drug-likeness (QED) is 0.862. The van der Waals surface area contributed by atoms with Crippen LogP contribution in [-0.4, -0.2) is 28.5 Å². The normalized spacial score (nSPS) is 23.9. The van der Waals surface area contributed by atoms with Crippen LogP contribution in [-0.2, 0) is 4.79 Å². The zero-order valence-corrected chi connectivity index (χ0v) is 15.5. The molecule has 5 nitrogen and oxygen atoms in total. The van der Waals surface area contributed by atoms with E-state index in [0.717, 1.165) is 21.8 Å². The molecule has 1 heterocycles. The van der Waals surface area contributed by atoms with Crippen molar-refractivity contribution in [1.29, 1.82) is 0 Å². The van der Waals surface area contributed by atoms with Crippen LogP contribution < -0.4 is 10.1 Å². The number of carbonyl (C=O) groups excluding carboxylic acids is 1. The second-order valence-electron chi connectivity index (χ2n) is 6.57. The standard InChI is InChI=1S/C18H22BrN3O2/c1-11-4-3-5-15(12(11)2)22-17(23)9-24-18-14-8-13(19)6-7-16(14)20-10-21-18/h6-8,10-12,15H,3-5,9H2,1-2H3,(H,22,23)/t11-,12-,15+/m1/s1. The van der Waals surface area contributed by atoms with Gasteiger partial charge in [0, 0.05) is 10.5 Å². The van der Waals surface area contributed by atoms with E-state index in [9.17, 15) is 4.79 Å². The molecule has 3 atom stereocenters. The van der Waals surface area contributed by atoms with E-state index >= 15 is 0 Å². The summed E-state index contributed by atoms with van der Waals surface area (Å²) < 4.78 is 6.58. The number of nitrogens with zero attached hydrogens (tertiary/aromatic N) is 2. The van der Waals surface area contributed by atoms with Gasteiger partial charge in [0.2, 0.25) is 5.88 Å². The van der Waals surface area contributed by atoms with Crippen molar-refractivity contribution in [2.45, 2.75) is 39.2 Å². The molecule has 0 spiro atoms. The van der Waals surface area contributed by atoms with E-state index < -0.39 is 0 Å². The van der Waals surface area contributed by atoms with E-state index in [1.165, 1.54) is 19.2 Å². The topological polar surface area (TPSA) is 64.1 Å². The Balaban J connectivity index is 1.63. The molecule has 24 heavy (non-hydrogen) atoms. The number of amides is 1. The Hall–Kier alpha value is -1.69. The van der Waals surface area contributed by atoms with Gasteiger partial charge in [-0.05, 0) is 36.5 Å². The number of carbonyl (C=O) groups is 1. The molecule has 6 heteroatoms. The highest BCUT2D eigenvalue weighted by atomic mass is 79.9. The van der Waals surface area contributed by atoms with Crippen LogP contribution in [0.15, 0.2) is 29.0 Å². The van der Waals surface area contributed by atoms with Gasteiger partial charge < -0.3 is 10.1 Å². The molecule has 0 unspecified atom stereocenters. The molecule has 0 radical (unpaired) electrons. The van der Waals surface area contributed by atoms with Gasteiger partial charge in [0.05, 0.1) is 10.9 Å². The number of rotatable bonds is 4. The molecule has 3 rings (SSSR count). The number of ether oxygens (including phenoxy) is 1. The van der Waals surface area contributed by atoms with Crippen molar-refractivity contribution in [3.8, 4) is 5.88 Å². The fraction of sp³-hybridized carbons (Fsp3) is 0.500. The Kier molecular flexibility index (Phi) is 5.33. The maximum atomic E-state index is 12.3. The van der Waals surface area contributed by atoms with E-state index in [1.807, 2.05) is 18.2 Å². The number of nitrogens with one attached hydrogen (secondary N) is 1. The average Bonchev–Trinajstić information content (AvgIpc) is 2.57. The largest absolute Gasteiger partial charge is 0.467 e.